The van der Waals surface area contributed by atoms with Crippen molar-refractivity contribution < 1.29 is 27.5 Å². The topological polar surface area (TPSA) is 105 Å². The normalized spacial score (nSPS) is 12.5. The summed E-state index contributed by atoms with van der Waals surface area (Å²) in [6, 6.07) is 25.0. The van der Waals surface area contributed by atoms with E-state index in [1.54, 1.807) is 36.4 Å². The van der Waals surface area contributed by atoms with Gasteiger partial charge in [-0.3, -0.25) is 13.9 Å². The van der Waals surface area contributed by atoms with Gasteiger partial charge < -0.3 is 19.7 Å². The third kappa shape index (κ3) is 9.33. The molecule has 0 fully saturated rings. The van der Waals surface area contributed by atoms with Crippen molar-refractivity contribution in [2.24, 2.45) is 0 Å². The second kappa shape index (κ2) is 16.7. The first-order valence-electron chi connectivity index (χ1n) is 16.1. The summed E-state index contributed by atoms with van der Waals surface area (Å²) in [6.45, 7) is 6.96. The predicted molar refractivity (Wildman–Crippen MR) is 194 cm³/mol. The van der Waals surface area contributed by atoms with Crippen LogP contribution in [0.4, 0.5) is 5.69 Å². The van der Waals surface area contributed by atoms with Crippen molar-refractivity contribution in [1.29, 1.82) is 0 Å². The number of nitrogens with one attached hydrogen (secondary N) is 1. The van der Waals surface area contributed by atoms with Crippen molar-refractivity contribution in [3.63, 3.8) is 0 Å². The molecule has 49 heavy (non-hydrogen) atoms. The summed E-state index contributed by atoms with van der Waals surface area (Å²) < 4.78 is 40.9. The molecule has 0 aromatic heterocycles. The number of aryl methyl sites for hydroxylation is 2. The maximum Gasteiger partial charge on any atom is 0.264 e. The Bertz CT molecular complexity index is 1850. The van der Waals surface area contributed by atoms with Crippen molar-refractivity contribution in [2.45, 2.75) is 64.1 Å². The number of benzene rings is 4. The van der Waals surface area contributed by atoms with E-state index in [-0.39, 0.29) is 35.6 Å². The van der Waals surface area contributed by atoms with E-state index in [1.807, 2.05) is 64.1 Å². The van der Waals surface area contributed by atoms with E-state index in [9.17, 15) is 18.0 Å². The monoisotopic (exact) mass is 705 g/mol. The largest absolute Gasteiger partial charge is 0.493 e. The molecule has 0 spiro atoms. The lowest BCUT2D eigenvalue weighted by Crippen LogP contribution is -2.54. The van der Waals surface area contributed by atoms with Gasteiger partial charge in [0.05, 0.1) is 24.8 Å². The Morgan fingerprint density at radius 2 is 1.49 bits per heavy atom. The van der Waals surface area contributed by atoms with Crippen LogP contribution in [0.15, 0.2) is 95.9 Å². The lowest BCUT2D eigenvalue weighted by molar-refractivity contribution is -0.140. The van der Waals surface area contributed by atoms with Crippen LogP contribution >= 0.6 is 11.6 Å². The maximum atomic E-state index is 14.8. The summed E-state index contributed by atoms with van der Waals surface area (Å²) in [7, 11) is -1.48. The van der Waals surface area contributed by atoms with Gasteiger partial charge in [-0.15, -0.1) is 0 Å². The number of ether oxygens (including phenoxy) is 2. The van der Waals surface area contributed by atoms with Crippen LogP contribution in [0.3, 0.4) is 0 Å². The molecular formula is C38H44ClN3O6S. The Morgan fingerprint density at radius 1 is 0.857 bits per heavy atom. The van der Waals surface area contributed by atoms with Crippen molar-refractivity contribution in [3.8, 4) is 11.5 Å². The maximum absolute atomic E-state index is 14.8. The second-order valence-corrected chi connectivity index (χ2v) is 14.3. The van der Waals surface area contributed by atoms with E-state index in [1.165, 1.54) is 37.3 Å². The second-order valence-electron chi connectivity index (χ2n) is 12.0. The van der Waals surface area contributed by atoms with Crippen molar-refractivity contribution >= 4 is 39.1 Å². The molecular weight excluding hydrogens is 662 g/mol. The summed E-state index contributed by atoms with van der Waals surface area (Å²) in [6.07, 6.45) is 0.887. The molecule has 0 aliphatic carbocycles. The van der Waals surface area contributed by atoms with Crippen LogP contribution < -0.4 is 19.1 Å². The van der Waals surface area contributed by atoms with Crippen molar-refractivity contribution in [3.05, 3.63) is 118 Å². The SMILES string of the molecule is CC[C@H](C)NC(=O)[C@@H](Cc1ccccc1)N(Cc1ccccc1Cl)C(=O)CN(c1cc(C)cc(C)c1)S(=O)(=O)c1ccc(OC)c(OC)c1. The Morgan fingerprint density at radius 3 is 2.10 bits per heavy atom. The van der Waals surface area contributed by atoms with Gasteiger partial charge in [0.15, 0.2) is 11.5 Å². The molecule has 0 aliphatic heterocycles. The van der Waals surface area contributed by atoms with Crippen LogP contribution in [-0.2, 0) is 32.6 Å². The van der Waals surface area contributed by atoms with Crippen molar-refractivity contribution in [2.75, 3.05) is 25.1 Å². The zero-order valence-corrected chi connectivity index (χ0v) is 30.3. The first-order chi connectivity index (χ1) is 23.4. The summed E-state index contributed by atoms with van der Waals surface area (Å²) in [5.74, 6) is -0.347. The number of amides is 2. The first-order valence-corrected chi connectivity index (χ1v) is 17.9. The van der Waals surface area contributed by atoms with Gasteiger partial charge in [-0.25, -0.2) is 8.42 Å². The zero-order chi connectivity index (χ0) is 35.7. The number of nitrogens with zero attached hydrogens (tertiary/aromatic N) is 2. The molecule has 0 aliphatic rings. The summed E-state index contributed by atoms with van der Waals surface area (Å²) >= 11 is 6.60. The molecule has 0 bridgehead atoms. The standard InChI is InChI=1S/C38H44ClN3O6S/c1-7-28(4)40-38(44)34(22-29-13-9-8-10-14-29)41(24-30-15-11-12-16-33(30)39)37(43)25-42(31-20-26(2)19-27(3)21-31)49(45,46)32-17-18-35(47-5)36(23-32)48-6/h8-21,23,28,34H,7,22,24-25H2,1-6H3,(H,40,44)/t28-,34+/m0/s1. The molecule has 0 heterocycles. The number of carbonyl (C=O) groups is 2. The van der Waals surface area contributed by atoms with Gasteiger partial charge in [0.1, 0.15) is 12.6 Å². The quantitative estimate of drug-likeness (QED) is 0.147. The van der Waals surface area contributed by atoms with Crippen LogP contribution in [0, 0.1) is 13.8 Å². The number of halogens is 1. The molecule has 0 saturated heterocycles. The minimum absolute atomic E-state index is 0.0268. The minimum atomic E-state index is -4.36. The molecule has 2 atom stereocenters. The third-order valence-electron chi connectivity index (χ3n) is 8.29. The molecule has 0 radical (unpaired) electrons. The molecule has 4 rings (SSSR count). The predicted octanol–water partition coefficient (Wildman–Crippen LogP) is 6.72. The van der Waals surface area contributed by atoms with Crippen molar-refractivity contribution in [1.82, 2.24) is 10.2 Å². The number of hydrogen-bond donors (Lipinski definition) is 1. The fourth-order valence-corrected chi connectivity index (χ4v) is 7.14. The third-order valence-corrected chi connectivity index (χ3v) is 10.4. The van der Waals surface area contributed by atoms with E-state index in [0.717, 1.165) is 21.0 Å². The average Bonchev–Trinajstić information content (AvgIpc) is 3.08. The Labute approximate surface area is 294 Å². The molecule has 260 valence electrons. The number of sulfonamides is 1. The van der Waals surface area contributed by atoms with Gasteiger partial charge in [0, 0.05) is 30.1 Å². The molecule has 11 heteroatoms. The van der Waals surface area contributed by atoms with Crippen LogP contribution in [-0.4, -0.2) is 58.0 Å². The summed E-state index contributed by atoms with van der Waals surface area (Å²) in [5.41, 5.74) is 3.40. The Kier molecular flexibility index (Phi) is 12.7. The smallest absolute Gasteiger partial charge is 0.264 e. The molecule has 2 amide bonds. The van der Waals surface area contributed by atoms with E-state index < -0.39 is 28.5 Å². The van der Waals surface area contributed by atoms with Crippen LogP contribution in [0.25, 0.3) is 0 Å². The first kappa shape index (κ1) is 37.3. The molecule has 0 saturated carbocycles. The number of rotatable bonds is 15. The van der Waals surface area contributed by atoms with Gasteiger partial charge in [-0.05, 0) is 79.8 Å². The lowest BCUT2D eigenvalue weighted by Gasteiger charge is -2.34. The number of methoxy groups -OCH3 is 2. The highest BCUT2D eigenvalue weighted by Gasteiger charge is 2.35. The summed E-state index contributed by atoms with van der Waals surface area (Å²) in [5, 5.41) is 3.46. The number of carbonyl (C=O) groups excluding carboxylic acids is 2. The highest BCUT2D eigenvalue weighted by Crippen LogP contribution is 2.33. The number of anilines is 1. The molecule has 1 N–H and O–H groups in total. The fraction of sp³-hybridized carbons (Fsp3) is 0.316. The van der Waals surface area contributed by atoms with E-state index in [0.29, 0.717) is 28.4 Å². The number of hydrogen-bond acceptors (Lipinski definition) is 6. The average molecular weight is 706 g/mol. The zero-order valence-electron chi connectivity index (χ0n) is 28.8. The van der Waals surface area contributed by atoms with Crippen LogP contribution in [0.5, 0.6) is 11.5 Å². The lowest BCUT2D eigenvalue weighted by atomic mass is 10.0. The van der Waals surface area contributed by atoms with E-state index in [4.69, 9.17) is 21.1 Å². The minimum Gasteiger partial charge on any atom is -0.493 e. The highest BCUT2D eigenvalue weighted by molar-refractivity contribution is 7.92. The Hall–Kier alpha value is -4.54. The van der Waals surface area contributed by atoms with Gasteiger partial charge in [0.2, 0.25) is 11.8 Å². The van der Waals surface area contributed by atoms with Gasteiger partial charge >= 0.3 is 0 Å². The molecule has 0 unspecified atom stereocenters. The van der Waals surface area contributed by atoms with Gasteiger partial charge in [-0.2, -0.15) is 0 Å². The van der Waals surface area contributed by atoms with E-state index in [2.05, 4.69) is 5.32 Å². The summed E-state index contributed by atoms with van der Waals surface area (Å²) in [4.78, 5) is 30.1. The van der Waals surface area contributed by atoms with Crippen LogP contribution in [0.2, 0.25) is 5.02 Å². The fourth-order valence-electron chi connectivity index (χ4n) is 5.53. The highest BCUT2D eigenvalue weighted by atomic mass is 35.5. The van der Waals surface area contributed by atoms with Crippen LogP contribution in [0.1, 0.15) is 42.5 Å². The van der Waals surface area contributed by atoms with Gasteiger partial charge in [0.25, 0.3) is 10.0 Å². The Balaban J connectivity index is 1.87. The molecule has 9 nitrogen and oxygen atoms in total. The molecule has 4 aromatic carbocycles. The van der Waals surface area contributed by atoms with E-state index >= 15 is 0 Å². The molecule has 4 aromatic rings. The van der Waals surface area contributed by atoms with Gasteiger partial charge in [-0.1, -0.05) is 73.1 Å².